The zero-order valence-electron chi connectivity index (χ0n) is 11.9. The predicted molar refractivity (Wildman–Crippen MR) is 85.8 cm³/mol. The summed E-state index contributed by atoms with van der Waals surface area (Å²) in [5, 5.41) is 2.11. The van der Waals surface area contributed by atoms with Crippen LogP contribution in [0.25, 0.3) is 0 Å². The third kappa shape index (κ3) is 3.67. The van der Waals surface area contributed by atoms with Gasteiger partial charge in [0.2, 0.25) is 10.0 Å². The van der Waals surface area contributed by atoms with Crippen LogP contribution in [0.15, 0.2) is 40.6 Å². The van der Waals surface area contributed by atoms with Gasteiger partial charge in [-0.3, -0.25) is 0 Å². The smallest absolute Gasteiger partial charge is 0.349 e. The zero-order chi connectivity index (χ0) is 16.3. The molecular formula is C14H14ClNO4S2. The maximum atomic E-state index is 12.4. The van der Waals surface area contributed by atoms with E-state index in [9.17, 15) is 13.2 Å². The second-order valence-electron chi connectivity index (χ2n) is 4.50. The van der Waals surface area contributed by atoms with Crippen molar-refractivity contribution in [2.45, 2.75) is 17.9 Å². The summed E-state index contributed by atoms with van der Waals surface area (Å²) in [6.07, 6.45) is 0. The van der Waals surface area contributed by atoms with E-state index in [1.807, 2.05) is 0 Å². The average Bonchev–Trinajstić information content (AvgIpc) is 2.97. The van der Waals surface area contributed by atoms with E-state index < -0.39 is 22.0 Å². The summed E-state index contributed by atoms with van der Waals surface area (Å²) in [6.45, 7) is 1.71. The van der Waals surface area contributed by atoms with Crippen LogP contribution in [0.1, 0.15) is 28.2 Å². The molecule has 0 fully saturated rings. The number of sulfonamides is 1. The molecule has 8 heteroatoms. The lowest BCUT2D eigenvalue weighted by molar-refractivity contribution is 0.0602. The number of ether oxygens (including phenoxy) is 1. The molecule has 1 heterocycles. The van der Waals surface area contributed by atoms with Crippen LogP contribution in [0.2, 0.25) is 5.02 Å². The van der Waals surface area contributed by atoms with Gasteiger partial charge >= 0.3 is 5.97 Å². The number of hydrogen-bond donors (Lipinski definition) is 1. The number of methoxy groups -OCH3 is 1. The fourth-order valence-corrected chi connectivity index (χ4v) is 4.56. The van der Waals surface area contributed by atoms with E-state index in [0.29, 0.717) is 5.02 Å². The van der Waals surface area contributed by atoms with Crippen LogP contribution in [0.3, 0.4) is 0 Å². The summed E-state index contributed by atoms with van der Waals surface area (Å²) in [4.78, 5) is 11.6. The second-order valence-corrected chi connectivity index (χ2v) is 7.54. The van der Waals surface area contributed by atoms with Gasteiger partial charge in [-0.2, -0.15) is 0 Å². The van der Waals surface area contributed by atoms with Gasteiger partial charge in [-0.05, 0) is 36.1 Å². The number of benzene rings is 1. The molecule has 5 nitrogen and oxygen atoms in total. The standard InChI is InChI=1S/C14H14ClNO4S2/c1-9(10-3-5-11(15)6-4-10)16-22(18,19)12-7-8-21-13(12)14(17)20-2/h3-9,16H,1-2H3. The number of carbonyl (C=O) groups is 1. The van der Waals surface area contributed by atoms with Gasteiger partial charge in [0.15, 0.2) is 0 Å². The average molecular weight is 360 g/mol. The molecular weight excluding hydrogens is 346 g/mol. The van der Waals surface area contributed by atoms with E-state index >= 15 is 0 Å². The summed E-state index contributed by atoms with van der Waals surface area (Å²) in [6, 6.07) is 7.77. The van der Waals surface area contributed by atoms with Crippen LogP contribution in [0.5, 0.6) is 0 Å². The normalized spacial score (nSPS) is 12.9. The molecule has 1 N–H and O–H groups in total. The zero-order valence-corrected chi connectivity index (χ0v) is 14.3. The third-order valence-electron chi connectivity index (χ3n) is 2.99. The molecule has 1 aromatic carbocycles. The molecule has 0 saturated heterocycles. The fourth-order valence-electron chi connectivity index (χ4n) is 1.87. The first-order valence-electron chi connectivity index (χ1n) is 6.28. The molecule has 2 rings (SSSR count). The predicted octanol–water partition coefficient (Wildman–Crippen LogP) is 3.23. The molecule has 1 atom stereocenters. The first kappa shape index (κ1) is 17.0. The van der Waals surface area contributed by atoms with Crippen molar-refractivity contribution >= 4 is 38.9 Å². The lowest BCUT2D eigenvalue weighted by Gasteiger charge is -2.14. The Balaban J connectivity index is 2.26. The first-order valence-corrected chi connectivity index (χ1v) is 9.03. The Bertz CT molecular complexity index is 768. The lowest BCUT2D eigenvalue weighted by atomic mass is 10.1. The molecule has 118 valence electrons. The first-order chi connectivity index (χ1) is 10.3. The molecule has 0 spiro atoms. The van der Waals surface area contributed by atoms with Crippen LogP contribution >= 0.6 is 22.9 Å². The van der Waals surface area contributed by atoms with E-state index in [0.717, 1.165) is 16.9 Å². The maximum Gasteiger partial charge on any atom is 0.349 e. The van der Waals surface area contributed by atoms with Crippen molar-refractivity contribution in [3.8, 4) is 0 Å². The van der Waals surface area contributed by atoms with Crippen LogP contribution in [0, 0.1) is 0 Å². The van der Waals surface area contributed by atoms with Gasteiger partial charge in [0.1, 0.15) is 9.77 Å². The number of halogens is 1. The van der Waals surface area contributed by atoms with Crippen LogP contribution in [-0.4, -0.2) is 21.5 Å². The van der Waals surface area contributed by atoms with Crippen LogP contribution in [-0.2, 0) is 14.8 Å². The van der Waals surface area contributed by atoms with Gasteiger partial charge in [0.05, 0.1) is 7.11 Å². The highest BCUT2D eigenvalue weighted by molar-refractivity contribution is 7.89. The second kappa shape index (κ2) is 6.78. The summed E-state index contributed by atoms with van der Waals surface area (Å²) < 4.78 is 32.0. The van der Waals surface area contributed by atoms with Gasteiger partial charge in [0.25, 0.3) is 0 Å². The summed E-state index contributed by atoms with van der Waals surface area (Å²) >= 11 is 6.84. The van der Waals surface area contributed by atoms with E-state index in [2.05, 4.69) is 9.46 Å². The van der Waals surface area contributed by atoms with Crippen LogP contribution in [0.4, 0.5) is 0 Å². The summed E-state index contributed by atoms with van der Waals surface area (Å²) in [5.41, 5.74) is 0.767. The molecule has 0 radical (unpaired) electrons. The summed E-state index contributed by atoms with van der Waals surface area (Å²) in [5.74, 6) is -0.672. The molecule has 0 saturated carbocycles. The Morgan fingerprint density at radius 3 is 2.50 bits per heavy atom. The van der Waals surface area contributed by atoms with E-state index in [-0.39, 0.29) is 9.77 Å². The van der Waals surface area contributed by atoms with Crippen molar-refractivity contribution < 1.29 is 17.9 Å². The Labute approximate surface area is 137 Å². The Hall–Kier alpha value is -1.41. The fraction of sp³-hybridized carbons (Fsp3) is 0.214. The molecule has 2 aromatic rings. The molecule has 0 bridgehead atoms. The van der Waals surface area contributed by atoms with Crippen molar-refractivity contribution in [1.29, 1.82) is 0 Å². The van der Waals surface area contributed by atoms with E-state index in [1.165, 1.54) is 18.6 Å². The third-order valence-corrected chi connectivity index (χ3v) is 5.85. The van der Waals surface area contributed by atoms with Gasteiger partial charge in [-0.1, -0.05) is 23.7 Å². The minimum Gasteiger partial charge on any atom is -0.465 e. The van der Waals surface area contributed by atoms with Gasteiger partial charge in [-0.15, -0.1) is 11.3 Å². The SMILES string of the molecule is COC(=O)c1sccc1S(=O)(=O)NC(C)c1ccc(Cl)cc1. The van der Waals surface area contributed by atoms with E-state index in [1.54, 1.807) is 31.2 Å². The van der Waals surface area contributed by atoms with Crippen LogP contribution < -0.4 is 4.72 Å². The Morgan fingerprint density at radius 1 is 1.27 bits per heavy atom. The monoisotopic (exact) mass is 359 g/mol. The lowest BCUT2D eigenvalue weighted by Crippen LogP contribution is -2.27. The summed E-state index contributed by atoms with van der Waals surface area (Å²) in [7, 11) is -2.62. The van der Waals surface area contributed by atoms with Crippen molar-refractivity contribution in [3.63, 3.8) is 0 Å². The molecule has 0 aliphatic carbocycles. The number of carbonyl (C=O) groups excluding carboxylic acids is 1. The number of hydrogen-bond acceptors (Lipinski definition) is 5. The topological polar surface area (TPSA) is 72.5 Å². The van der Waals surface area contributed by atoms with Gasteiger partial charge in [-0.25, -0.2) is 17.9 Å². The highest BCUT2D eigenvalue weighted by Gasteiger charge is 2.26. The molecule has 1 aromatic heterocycles. The molecule has 22 heavy (non-hydrogen) atoms. The largest absolute Gasteiger partial charge is 0.465 e. The molecule has 0 aliphatic rings. The molecule has 1 unspecified atom stereocenters. The van der Waals surface area contributed by atoms with Gasteiger partial charge in [0, 0.05) is 11.1 Å². The van der Waals surface area contributed by atoms with Crippen molar-refractivity contribution in [2.24, 2.45) is 0 Å². The number of nitrogens with one attached hydrogen (secondary N) is 1. The number of esters is 1. The highest BCUT2D eigenvalue weighted by Crippen LogP contribution is 2.25. The van der Waals surface area contributed by atoms with Crippen molar-refractivity contribution in [3.05, 3.63) is 51.2 Å². The van der Waals surface area contributed by atoms with Gasteiger partial charge < -0.3 is 4.74 Å². The number of rotatable bonds is 5. The molecule has 0 aliphatic heterocycles. The minimum absolute atomic E-state index is 0.0540. The molecule has 0 amide bonds. The Kier molecular flexibility index (Phi) is 5.23. The highest BCUT2D eigenvalue weighted by atomic mass is 35.5. The van der Waals surface area contributed by atoms with E-state index in [4.69, 9.17) is 11.6 Å². The Morgan fingerprint density at radius 2 is 1.91 bits per heavy atom. The quantitative estimate of drug-likeness (QED) is 0.832. The number of thiophene rings is 1. The van der Waals surface area contributed by atoms with Crippen molar-refractivity contribution in [1.82, 2.24) is 4.72 Å². The van der Waals surface area contributed by atoms with Crippen molar-refractivity contribution in [2.75, 3.05) is 7.11 Å². The maximum absolute atomic E-state index is 12.4. The minimum atomic E-state index is -3.83.